The van der Waals surface area contributed by atoms with Gasteiger partial charge in [-0.1, -0.05) is 18.2 Å². The van der Waals surface area contributed by atoms with Crippen molar-refractivity contribution in [1.82, 2.24) is 19.9 Å². The minimum Gasteiger partial charge on any atom is -0.508 e. The molecule has 4 rings (SSSR count). The molecule has 2 aromatic heterocycles. The predicted molar refractivity (Wildman–Crippen MR) is 113 cm³/mol. The largest absolute Gasteiger partial charge is 0.508 e. The molecule has 30 heavy (non-hydrogen) atoms. The number of hydrogen-bond acceptors (Lipinski definition) is 6. The monoisotopic (exact) mass is 407 g/mol. The van der Waals surface area contributed by atoms with Gasteiger partial charge in [-0.25, -0.2) is 4.98 Å². The van der Waals surface area contributed by atoms with Crippen molar-refractivity contribution >= 4 is 11.9 Å². The summed E-state index contributed by atoms with van der Waals surface area (Å²) in [7, 11) is 0. The molecule has 156 valence electrons. The summed E-state index contributed by atoms with van der Waals surface area (Å²) < 4.78 is 7.21. The normalized spacial score (nSPS) is 15.8. The lowest BCUT2D eigenvalue weighted by Gasteiger charge is -2.13. The number of hydrogen-bond donors (Lipinski definition) is 3. The van der Waals surface area contributed by atoms with E-state index in [2.05, 4.69) is 20.6 Å². The van der Waals surface area contributed by atoms with E-state index >= 15 is 0 Å². The molecule has 1 fully saturated rings. The molecule has 0 radical (unpaired) electrons. The first-order valence-electron chi connectivity index (χ1n) is 10.0. The van der Waals surface area contributed by atoms with Crippen molar-refractivity contribution < 1.29 is 14.6 Å². The van der Waals surface area contributed by atoms with Crippen molar-refractivity contribution in [2.45, 2.75) is 25.8 Å². The molecule has 0 bridgehead atoms. The standard InChI is InChI=1S/C22H25N5O3/c1-15-12-24-22(25-18-8-11-30-14-18)26-20(15)27-10-7-17(13-27)21(29)23-9-6-16-4-2-3-5-19(16)28/h2-5,7,10,12-13,18,28H,6,8-9,11,14H2,1H3,(H,23,29)(H,24,25,26). The second-order valence-electron chi connectivity index (χ2n) is 7.35. The van der Waals surface area contributed by atoms with Gasteiger partial charge in [0.25, 0.3) is 5.91 Å². The van der Waals surface area contributed by atoms with Gasteiger partial charge < -0.3 is 25.0 Å². The number of rotatable bonds is 7. The first-order chi connectivity index (χ1) is 14.6. The number of anilines is 1. The number of aromatic nitrogens is 3. The van der Waals surface area contributed by atoms with E-state index in [9.17, 15) is 9.90 Å². The molecule has 3 aromatic rings. The van der Waals surface area contributed by atoms with E-state index in [0.29, 0.717) is 31.1 Å². The second kappa shape index (κ2) is 8.96. The molecule has 0 saturated carbocycles. The predicted octanol–water partition coefficient (Wildman–Crippen LogP) is 2.45. The van der Waals surface area contributed by atoms with Gasteiger partial charge in [0.05, 0.1) is 18.2 Å². The number of nitrogens with zero attached hydrogens (tertiary/aromatic N) is 3. The summed E-state index contributed by atoms with van der Waals surface area (Å²) in [5, 5.41) is 16.0. The molecule has 8 nitrogen and oxygen atoms in total. The van der Waals surface area contributed by atoms with E-state index in [1.54, 1.807) is 30.6 Å². The SMILES string of the molecule is Cc1cnc(NC2CCOC2)nc1-n1ccc(C(=O)NCCc2ccccc2O)c1. The van der Waals surface area contributed by atoms with Crippen LogP contribution in [0.1, 0.15) is 27.9 Å². The Morgan fingerprint density at radius 1 is 1.33 bits per heavy atom. The average Bonchev–Trinajstić information content (AvgIpc) is 3.43. The summed E-state index contributed by atoms with van der Waals surface area (Å²) in [5.74, 6) is 1.34. The van der Waals surface area contributed by atoms with E-state index in [-0.39, 0.29) is 17.7 Å². The maximum Gasteiger partial charge on any atom is 0.252 e. The molecule has 1 amide bonds. The Kier molecular flexibility index (Phi) is 5.94. The van der Waals surface area contributed by atoms with Gasteiger partial charge in [-0.3, -0.25) is 4.79 Å². The maximum atomic E-state index is 12.5. The van der Waals surface area contributed by atoms with Crippen LogP contribution in [0.2, 0.25) is 0 Å². The summed E-state index contributed by atoms with van der Waals surface area (Å²) in [4.78, 5) is 21.5. The van der Waals surface area contributed by atoms with Crippen LogP contribution in [0.15, 0.2) is 48.9 Å². The third-order valence-electron chi connectivity index (χ3n) is 5.08. The number of phenols is 1. The smallest absolute Gasteiger partial charge is 0.252 e. The van der Waals surface area contributed by atoms with Crippen LogP contribution in [0.4, 0.5) is 5.95 Å². The van der Waals surface area contributed by atoms with Crippen LogP contribution in [0.25, 0.3) is 5.82 Å². The average molecular weight is 407 g/mol. The van der Waals surface area contributed by atoms with Gasteiger partial charge in [-0.05, 0) is 37.5 Å². The van der Waals surface area contributed by atoms with Crippen molar-refractivity contribution in [3.05, 3.63) is 65.6 Å². The molecule has 3 N–H and O–H groups in total. The van der Waals surface area contributed by atoms with Crippen molar-refractivity contribution in [3.63, 3.8) is 0 Å². The van der Waals surface area contributed by atoms with Gasteiger partial charge in [0, 0.05) is 37.3 Å². The van der Waals surface area contributed by atoms with Crippen LogP contribution in [-0.2, 0) is 11.2 Å². The number of aromatic hydroxyl groups is 1. The molecule has 1 unspecified atom stereocenters. The lowest BCUT2D eigenvalue weighted by Crippen LogP contribution is -2.25. The molecule has 3 heterocycles. The number of aryl methyl sites for hydroxylation is 1. The molecule has 8 heteroatoms. The Balaban J connectivity index is 1.40. The Morgan fingerprint density at radius 3 is 3.00 bits per heavy atom. The third kappa shape index (κ3) is 4.60. The Morgan fingerprint density at radius 2 is 2.20 bits per heavy atom. The number of ether oxygens (including phenoxy) is 1. The summed E-state index contributed by atoms with van der Waals surface area (Å²) in [6, 6.07) is 9.11. The van der Waals surface area contributed by atoms with Crippen molar-refractivity contribution in [3.8, 4) is 11.6 Å². The summed E-state index contributed by atoms with van der Waals surface area (Å²) in [6.45, 7) is 3.77. The number of carbonyl (C=O) groups excluding carboxylic acids is 1. The van der Waals surface area contributed by atoms with Crippen LogP contribution in [0.5, 0.6) is 5.75 Å². The number of amides is 1. The van der Waals surface area contributed by atoms with E-state index in [0.717, 1.165) is 30.0 Å². The first kappa shape index (κ1) is 19.9. The molecule has 0 spiro atoms. The summed E-state index contributed by atoms with van der Waals surface area (Å²) in [6.07, 6.45) is 6.83. The van der Waals surface area contributed by atoms with Gasteiger partial charge in [0.1, 0.15) is 11.6 Å². The van der Waals surface area contributed by atoms with Crippen LogP contribution in [-0.4, -0.2) is 51.3 Å². The van der Waals surface area contributed by atoms with Gasteiger partial charge in [0.2, 0.25) is 5.95 Å². The molecule has 1 aromatic carbocycles. The highest BCUT2D eigenvalue weighted by molar-refractivity contribution is 5.94. The van der Waals surface area contributed by atoms with Crippen LogP contribution < -0.4 is 10.6 Å². The van der Waals surface area contributed by atoms with Crippen molar-refractivity contribution in [1.29, 1.82) is 0 Å². The summed E-state index contributed by atoms with van der Waals surface area (Å²) >= 11 is 0. The number of nitrogens with one attached hydrogen (secondary N) is 2. The first-order valence-corrected chi connectivity index (χ1v) is 10.0. The second-order valence-corrected chi connectivity index (χ2v) is 7.35. The van der Waals surface area contributed by atoms with Gasteiger partial charge in [0.15, 0.2) is 0 Å². The van der Waals surface area contributed by atoms with Gasteiger partial charge in [-0.2, -0.15) is 4.98 Å². The quantitative estimate of drug-likeness (QED) is 0.556. The zero-order chi connectivity index (χ0) is 20.9. The zero-order valence-corrected chi connectivity index (χ0v) is 16.8. The molecule has 1 aliphatic heterocycles. The fraction of sp³-hybridized carbons (Fsp3) is 0.318. The maximum absolute atomic E-state index is 12.5. The topological polar surface area (TPSA) is 101 Å². The van der Waals surface area contributed by atoms with Crippen LogP contribution in [0, 0.1) is 6.92 Å². The van der Waals surface area contributed by atoms with Crippen molar-refractivity contribution in [2.24, 2.45) is 0 Å². The molecule has 1 atom stereocenters. The lowest BCUT2D eigenvalue weighted by molar-refractivity contribution is 0.0954. The number of para-hydroxylation sites is 1. The molecule has 1 saturated heterocycles. The number of phenolic OH excluding ortho intramolecular Hbond substituents is 1. The van der Waals surface area contributed by atoms with E-state index < -0.39 is 0 Å². The van der Waals surface area contributed by atoms with E-state index in [1.165, 1.54) is 0 Å². The fourth-order valence-electron chi connectivity index (χ4n) is 3.39. The Bertz CT molecular complexity index is 1030. The van der Waals surface area contributed by atoms with Crippen LogP contribution in [0.3, 0.4) is 0 Å². The molecular formula is C22H25N5O3. The minimum atomic E-state index is -0.169. The Hall–Kier alpha value is -3.39. The Labute approximate surface area is 174 Å². The highest BCUT2D eigenvalue weighted by Crippen LogP contribution is 2.17. The van der Waals surface area contributed by atoms with E-state index in [4.69, 9.17) is 4.74 Å². The van der Waals surface area contributed by atoms with E-state index in [1.807, 2.05) is 29.8 Å². The molecular weight excluding hydrogens is 382 g/mol. The fourth-order valence-corrected chi connectivity index (χ4v) is 3.39. The molecule has 0 aliphatic carbocycles. The zero-order valence-electron chi connectivity index (χ0n) is 16.8. The van der Waals surface area contributed by atoms with Crippen molar-refractivity contribution in [2.75, 3.05) is 25.1 Å². The number of carbonyl (C=O) groups is 1. The van der Waals surface area contributed by atoms with Gasteiger partial charge in [-0.15, -0.1) is 0 Å². The number of benzene rings is 1. The third-order valence-corrected chi connectivity index (χ3v) is 5.08. The minimum absolute atomic E-state index is 0.169. The highest BCUT2D eigenvalue weighted by atomic mass is 16.5. The summed E-state index contributed by atoms with van der Waals surface area (Å²) in [5.41, 5.74) is 2.26. The van der Waals surface area contributed by atoms with Crippen LogP contribution >= 0.6 is 0 Å². The molecule has 1 aliphatic rings. The van der Waals surface area contributed by atoms with Gasteiger partial charge >= 0.3 is 0 Å². The lowest BCUT2D eigenvalue weighted by atomic mass is 10.1. The highest BCUT2D eigenvalue weighted by Gasteiger charge is 2.17.